The van der Waals surface area contributed by atoms with Crippen LogP contribution in [0.3, 0.4) is 0 Å². The number of hydrogen-bond donors (Lipinski definition) is 1. The van der Waals surface area contributed by atoms with Crippen molar-refractivity contribution in [2.24, 2.45) is 5.14 Å². The molecule has 1 unspecified atom stereocenters. The van der Waals surface area contributed by atoms with E-state index in [1.54, 1.807) is 61.5 Å². The summed E-state index contributed by atoms with van der Waals surface area (Å²) in [4.78, 5) is 0.178. The van der Waals surface area contributed by atoms with Gasteiger partial charge in [-0.1, -0.05) is 54.9 Å². The minimum Gasteiger partial charge on any atom is -0.480 e. The monoisotopic (exact) mass is 477 g/mol. The third kappa shape index (κ3) is 4.34. The van der Waals surface area contributed by atoms with Crippen LogP contribution < -0.4 is 9.88 Å². The van der Waals surface area contributed by atoms with Crippen LogP contribution in [0, 0.1) is 0 Å². The van der Waals surface area contributed by atoms with Gasteiger partial charge >= 0.3 is 0 Å². The lowest BCUT2D eigenvalue weighted by atomic mass is 9.88. The Bertz CT molecular complexity index is 1380. The Hall–Kier alpha value is -2.39. The second kappa shape index (κ2) is 7.94. The van der Waals surface area contributed by atoms with Gasteiger partial charge in [0.2, 0.25) is 10.0 Å². The quantitative estimate of drug-likeness (QED) is 0.596. The number of rotatable bonds is 5. The lowest BCUT2D eigenvalue weighted by Crippen LogP contribution is -2.19. The molecule has 162 valence electrons. The molecule has 0 spiro atoms. The molecule has 0 aromatic heterocycles. The van der Waals surface area contributed by atoms with Crippen LogP contribution in [-0.4, -0.2) is 22.6 Å². The zero-order valence-electron chi connectivity index (χ0n) is 16.6. The van der Waals surface area contributed by atoms with Crippen molar-refractivity contribution in [3.63, 3.8) is 0 Å². The second-order valence-electron chi connectivity index (χ2n) is 7.31. The number of nitrogens with two attached hydrogens (primary N) is 1. The molecule has 1 aliphatic rings. The topological polar surface area (TPSA) is 104 Å². The zero-order valence-corrected chi connectivity index (χ0v) is 19.0. The molecule has 1 aliphatic heterocycles. The van der Waals surface area contributed by atoms with Crippen LogP contribution in [0.15, 0.2) is 65.6 Å². The third-order valence-corrected chi connectivity index (χ3v) is 7.88. The predicted octanol–water partition coefficient (Wildman–Crippen LogP) is 4.07. The van der Waals surface area contributed by atoms with E-state index in [0.29, 0.717) is 33.0 Å². The molecule has 0 radical (unpaired) electrons. The number of benzene rings is 3. The molecule has 2 N–H and O–H groups in total. The van der Waals surface area contributed by atoms with Crippen LogP contribution in [0.25, 0.3) is 11.1 Å². The van der Waals surface area contributed by atoms with E-state index in [4.69, 9.17) is 21.5 Å². The fourth-order valence-corrected chi connectivity index (χ4v) is 5.74. The summed E-state index contributed by atoms with van der Waals surface area (Å²) in [5.41, 5.74) is 3.03. The van der Waals surface area contributed by atoms with Gasteiger partial charge in [0, 0.05) is 16.1 Å². The average Bonchev–Trinajstić information content (AvgIpc) is 2.71. The van der Waals surface area contributed by atoms with Crippen molar-refractivity contribution in [3.05, 3.63) is 82.4 Å². The van der Waals surface area contributed by atoms with Crippen LogP contribution >= 0.6 is 11.6 Å². The summed E-state index contributed by atoms with van der Waals surface area (Å²) < 4.78 is 55.1. The van der Waals surface area contributed by atoms with E-state index in [0.717, 1.165) is 5.56 Å². The number of sulfonamides is 1. The molecule has 1 atom stereocenters. The molecule has 31 heavy (non-hydrogen) atoms. The van der Waals surface area contributed by atoms with Crippen molar-refractivity contribution in [2.75, 3.05) is 5.75 Å². The zero-order chi connectivity index (χ0) is 22.4. The first kappa shape index (κ1) is 21.8. The van der Waals surface area contributed by atoms with Crippen molar-refractivity contribution >= 4 is 31.5 Å². The molecule has 4 rings (SSSR count). The Kier molecular flexibility index (Phi) is 5.59. The van der Waals surface area contributed by atoms with Gasteiger partial charge in [-0.2, -0.15) is 0 Å². The van der Waals surface area contributed by atoms with Gasteiger partial charge in [-0.15, -0.1) is 0 Å². The van der Waals surface area contributed by atoms with Gasteiger partial charge < -0.3 is 4.74 Å². The van der Waals surface area contributed by atoms with E-state index < -0.39 is 26.0 Å². The van der Waals surface area contributed by atoms with Crippen molar-refractivity contribution in [1.29, 1.82) is 0 Å². The smallest absolute Gasteiger partial charge is 0.213 e. The summed E-state index contributed by atoms with van der Waals surface area (Å²) in [6, 6.07) is 17.1. The van der Waals surface area contributed by atoms with Crippen LogP contribution in [0.4, 0.5) is 0 Å². The highest BCUT2D eigenvalue weighted by molar-refractivity contribution is 7.91. The first-order valence-electron chi connectivity index (χ1n) is 9.50. The second-order valence-corrected chi connectivity index (χ2v) is 11.6. The molecule has 9 heteroatoms. The largest absolute Gasteiger partial charge is 0.480 e. The molecule has 0 bridgehead atoms. The molecule has 3 aromatic rings. The Morgan fingerprint density at radius 2 is 1.74 bits per heavy atom. The van der Waals surface area contributed by atoms with Gasteiger partial charge in [-0.25, -0.2) is 22.0 Å². The van der Waals surface area contributed by atoms with E-state index in [-0.39, 0.29) is 16.4 Å². The molecule has 0 saturated heterocycles. The van der Waals surface area contributed by atoms with E-state index in [1.165, 1.54) is 0 Å². The summed E-state index contributed by atoms with van der Waals surface area (Å²) in [5.74, 6) is 0.0378. The minimum absolute atomic E-state index is 0.0555. The van der Waals surface area contributed by atoms with Gasteiger partial charge in [0.1, 0.15) is 11.9 Å². The Labute approximate surface area is 186 Å². The highest BCUT2D eigenvalue weighted by atomic mass is 35.5. The molecule has 1 heterocycles. The number of primary sulfonamides is 1. The molecule has 6 nitrogen and oxygen atoms in total. The number of hydrogen-bond acceptors (Lipinski definition) is 5. The Morgan fingerprint density at radius 1 is 1.00 bits per heavy atom. The maximum atomic E-state index is 12.8. The van der Waals surface area contributed by atoms with Gasteiger partial charge in [-0.05, 0) is 41.0 Å². The fraction of sp³-hybridized carbons (Fsp3) is 0.182. The Morgan fingerprint density at radius 3 is 2.42 bits per heavy atom. The average molecular weight is 478 g/mol. The fourth-order valence-electron chi connectivity index (χ4n) is 3.78. The SMILES string of the molecule is CCS(=O)(=O)c1cccc2c1-c1ccc(CS(N)(=O)=O)cc1C(c1cccc(Cl)c1)O2. The Balaban J connectivity index is 1.99. The number of halogens is 1. The maximum absolute atomic E-state index is 12.8. The van der Waals surface area contributed by atoms with E-state index in [9.17, 15) is 16.8 Å². The normalized spacial score (nSPS) is 15.6. The van der Waals surface area contributed by atoms with Crippen molar-refractivity contribution in [3.8, 4) is 16.9 Å². The third-order valence-electron chi connectivity index (χ3n) is 5.13. The lowest BCUT2D eigenvalue weighted by molar-refractivity contribution is 0.243. The summed E-state index contributed by atoms with van der Waals surface area (Å²) in [6.45, 7) is 1.59. The lowest BCUT2D eigenvalue weighted by Gasteiger charge is -2.31. The van der Waals surface area contributed by atoms with Crippen LogP contribution in [0.5, 0.6) is 5.75 Å². The summed E-state index contributed by atoms with van der Waals surface area (Å²) >= 11 is 6.18. The van der Waals surface area contributed by atoms with Gasteiger partial charge in [0.05, 0.1) is 16.4 Å². The van der Waals surface area contributed by atoms with Gasteiger partial charge in [0.25, 0.3) is 0 Å². The van der Waals surface area contributed by atoms with Crippen molar-refractivity contribution in [2.45, 2.75) is 23.7 Å². The molecule has 0 aliphatic carbocycles. The summed E-state index contributed by atoms with van der Waals surface area (Å²) in [6.07, 6.45) is -0.596. The van der Waals surface area contributed by atoms with Gasteiger partial charge in [0.15, 0.2) is 9.84 Å². The van der Waals surface area contributed by atoms with E-state index in [1.807, 2.05) is 6.07 Å². The van der Waals surface area contributed by atoms with Crippen molar-refractivity contribution in [1.82, 2.24) is 0 Å². The minimum atomic E-state index is -3.75. The molecule has 0 fully saturated rings. The molecule has 0 amide bonds. The predicted molar refractivity (Wildman–Crippen MR) is 120 cm³/mol. The molecule has 0 saturated carbocycles. The number of sulfone groups is 1. The number of fused-ring (bicyclic) bond motifs is 3. The maximum Gasteiger partial charge on any atom is 0.213 e. The van der Waals surface area contributed by atoms with Crippen molar-refractivity contribution < 1.29 is 21.6 Å². The first-order chi connectivity index (χ1) is 14.6. The summed E-state index contributed by atoms with van der Waals surface area (Å²) in [7, 11) is -7.27. The number of ether oxygens (including phenoxy) is 1. The van der Waals surface area contributed by atoms with Crippen LogP contribution in [-0.2, 0) is 25.6 Å². The van der Waals surface area contributed by atoms with Crippen LogP contribution in [0.1, 0.15) is 29.7 Å². The highest BCUT2D eigenvalue weighted by Crippen LogP contribution is 2.48. The summed E-state index contributed by atoms with van der Waals surface area (Å²) in [5, 5.41) is 5.75. The van der Waals surface area contributed by atoms with Gasteiger partial charge in [-0.3, -0.25) is 0 Å². The van der Waals surface area contributed by atoms with Crippen LogP contribution in [0.2, 0.25) is 5.02 Å². The molecular weight excluding hydrogens is 458 g/mol. The molecular formula is C22H20ClNO5S2. The standard InChI is InChI=1S/C22H20ClNO5S2/c1-2-30(25,26)20-8-4-7-19-21(20)17-10-9-14(13-31(24,27)28)11-18(17)22(29-19)15-5-3-6-16(23)12-15/h3-12,22H,2,13H2,1H3,(H2,24,27,28). The van der Waals surface area contributed by atoms with E-state index in [2.05, 4.69) is 0 Å². The van der Waals surface area contributed by atoms with E-state index >= 15 is 0 Å². The first-order valence-corrected chi connectivity index (χ1v) is 13.2. The highest BCUT2D eigenvalue weighted by Gasteiger charge is 2.32. The molecule has 3 aromatic carbocycles.